The van der Waals surface area contributed by atoms with Crippen LogP contribution in [0.15, 0.2) is 41.4 Å². The summed E-state index contributed by atoms with van der Waals surface area (Å²) < 4.78 is 5.53. The molecule has 0 saturated heterocycles. The number of nitrogens with zero attached hydrogens (tertiary/aromatic N) is 6. The molecule has 0 amide bonds. The Morgan fingerprint density at radius 2 is 2.03 bits per heavy atom. The molecule has 0 bridgehead atoms. The first-order valence-electron chi connectivity index (χ1n) is 11.2. The number of aromatic amines is 2. The van der Waals surface area contributed by atoms with Gasteiger partial charge in [0.15, 0.2) is 23.1 Å². The number of aromatic nitrogens is 8. The smallest absolute Gasteiger partial charge is 0.178 e. The van der Waals surface area contributed by atoms with E-state index < -0.39 is 12.3 Å². The van der Waals surface area contributed by atoms with Gasteiger partial charge in [0.1, 0.15) is 29.6 Å². The average Bonchev–Trinajstić information content (AvgIpc) is 3.32. The van der Waals surface area contributed by atoms with Crippen LogP contribution in [0.5, 0.6) is 0 Å². The third-order valence-corrected chi connectivity index (χ3v) is 6.74. The molecule has 1 aliphatic rings. The van der Waals surface area contributed by atoms with Gasteiger partial charge in [-0.1, -0.05) is 23.7 Å². The molecule has 0 radical (unpaired) electrons. The lowest BCUT2D eigenvalue weighted by Crippen LogP contribution is -2.25. The number of nitrogens with one attached hydrogen (secondary N) is 3. The van der Waals surface area contributed by atoms with Crippen molar-refractivity contribution in [3.63, 3.8) is 0 Å². The zero-order valence-corrected chi connectivity index (χ0v) is 19.7. The number of fused-ring (bicyclic) bond motifs is 1. The maximum absolute atomic E-state index is 10.8. The summed E-state index contributed by atoms with van der Waals surface area (Å²) >= 11 is 6.45. The van der Waals surface area contributed by atoms with Crippen LogP contribution in [0.4, 0.5) is 0 Å². The molecule has 0 spiro atoms. The van der Waals surface area contributed by atoms with Gasteiger partial charge in [-0.05, 0) is 31.9 Å². The fourth-order valence-electron chi connectivity index (χ4n) is 3.93. The predicted molar refractivity (Wildman–Crippen MR) is 127 cm³/mol. The molecule has 1 unspecified atom stereocenters. The number of rotatable bonds is 7. The van der Waals surface area contributed by atoms with Crippen LogP contribution >= 0.6 is 11.6 Å². The van der Waals surface area contributed by atoms with Crippen molar-refractivity contribution in [1.29, 1.82) is 0 Å². The van der Waals surface area contributed by atoms with Crippen LogP contribution in [0.1, 0.15) is 56.1 Å². The van der Waals surface area contributed by atoms with E-state index in [-0.39, 0.29) is 16.1 Å². The van der Waals surface area contributed by atoms with E-state index in [1.165, 1.54) is 6.33 Å². The Morgan fingerprint density at radius 1 is 1.17 bits per heavy atom. The highest BCUT2D eigenvalue weighted by Gasteiger charge is 2.40. The summed E-state index contributed by atoms with van der Waals surface area (Å²) in [6.07, 6.45) is 5.70. The zero-order chi connectivity index (χ0) is 24.2. The van der Waals surface area contributed by atoms with Crippen LogP contribution in [0.2, 0.25) is 5.02 Å². The molecule has 2 atom stereocenters. The highest BCUT2D eigenvalue weighted by Crippen LogP contribution is 2.46. The minimum Gasteiger partial charge on any atom is -0.373 e. The Bertz CT molecular complexity index is 1510. The fourth-order valence-corrected chi connectivity index (χ4v) is 4.22. The Kier molecular flexibility index (Phi) is 5.13. The molecule has 6 rings (SSSR count). The first-order chi connectivity index (χ1) is 16.9. The Labute approximate surface area is 204 Å². The molecule has 0 aromatic carbocycles. The topological polar surface area (TPSA) is 154 Å². The van der Waals surface area contributed by atoms with Gasteiger partial charge in [0.05, 0.1) is 16.6 Å². The SMILES string of the molecule is C[C@@H](NC(O)c1ncnc(-c2ncc[nH]2)c1Cl)c1cc(-c2nc3nc(C4(C)CC4)ccc3[nH]2)no1. The predicted octanol–water partition coefficient (Wildman–Crippen LogP) is 3.84. The maximum Gasteiger partial charge on any atom is 0.178 e. The van der Waals surface area contributed by atoms with E-state index in [1.54, 1.807) is 18.5 Å². The van der Waals surface area contributed by atoms with Gasteiger partial charge >= 0.3 is 0 Å². The number of H-pyrrole nitrogens is 2. The molecule has 5 heterocycles. The van der Waals surface area contributed by atoms with E-state index in [2.05, 4.69) is 53.4 Å². The summed E-state index contributed by atoms with van der Waals surface area (Å²) in [7, 11) is 0. The van der Waals surface area contributed by atoms with Crippen LogP contribution < -0.4 is 5.32 Å². The summed E-state index contributed by atoms with van der Waals surface area (Å²) in [5.41, 5.74) is 3.89. The molecule has 1 aliphatic carbocycles. The summed E-state index contributed by atoms with van der Waals surface area (Å²) in [5, 5.41) is 18.1. The molecule has 1 fully saturated rings. The van der Waals surface area contributed by atoms with Crippen LogP contribution in [0, 0.1) is 0 Å². The minimum atomic E-state index is -1.18. The number of halogens is 1. The first kappa shape index (κ1) is 21.8. The monoisotopic (exact) mass is 491 g/mol. The van der Waals surface area contributed by atoms with Crippen molar-refractivity contribution < 1.29 is 9.63 Å². The van der Waals surface area contributed by atoms with Crippen LogP contribution in [0.3, 0.4) is 0 Å². The van der Waals surface area contributed by atoms with E-state index in [1.807, 2.05) is 13.0 Å². The Hall–Kier alpha value is -3.67. The molecule has 4 N–H and O–H groups in total. The molecule has 35 heavy (non-hydrogen) atoms. The third-order valence-electron chi connectivity index (χ3n) is 6.37. The molecule has 1 saturated carbocycles. The van der Waals surface area contributed by atoms with Gasteiger partial charge in [-0.2, -0.15) is 0 Å². The lowest BCUT2D eigenvalue weighted by Gasteiger charge is -2.17. The highest BCUT2D eigenvalue weighted by atomic mass is 35.5. The summed E-state index contributed by atoms with van der Waals surface area (Å²) in [6.45, 7) is 4.05. The van der Waals surface area contributed by atoms with Crippen LogP contribution in [0.25, 0.3) is 34.2 Å². The highest BCUT2D eigenvalue weighted by molar-refractivity contribution is 6.33. The quantitative estimate of drug-likeness (QED) is 0.248. The van der Waals surface area contributed by atoms with Crippen molar-refractivity contribution in [2.24, 2.45) is 0 Å². The summed E-state index contributed by atoms with van der Waals surface area (Å²) in [6, 6.07) is 5.41. The molecule has 12 heteroatoms. The number of hydrogen-bond acceptors (Lipinski definition) is 9. The molecule has 0 aliphatic heterocycles. The Morgan fingerprint density at radius 3 is 2.80 bits per heavy atom. The summed E-state index contributed by atoms with van der Waals surface area (Å²) in [5.74, 6) is 1.56. The van der Waals surface area contributed by atoms with Gasteiger partial charge < -0.3 is 19.6 Å². The fraction of sp³-hybridized carbons (Fsp3) is 0.304. The van der Waals surface area contributed by atoms with Crippen LogP contribution in [-0.2, 0) is 5.41 Å². The summed E-state index contributed by atoms with van der Waals surface area (Å²) in [4.78, 5) is 28.0. The first-order valence-corrected chi connectivity index (χ1v) is 11.6. The largest absolute Gasteiger partial charge is 0.373 e. The van der Waals surface area contributed by atoms with E-state index in [4.69, 9.17) is 21.1 Å². The van der Waals surface area contributed by atoms with E-state index in [0.29, 0.717) is 34.4 Å². The van der Waals surface area contributed by atoms with Gasteiger partial charge in [-0.25, -0.2) is 24.9 Å². The van der Waals surface area contributed by atoms with Crippen molar-refractivity contribution in [1.82, 2.24) is 45.4 Å². The standard InChI is InChI=1S/C23H22ClN9O2/c1-11(29-22(34)18-16(24)17(27-10-28-18)21-25-7-8-26-21)14-9-13(33-35-14)20-30-12-3-4-15(23(2)5-6-23)31-19(12)32-20/h3-4,7-11,22,29,34H,5-6H2,1-2H3,(H,25,26)(H,30,31,32)/t11-,22?/m1/s1. The minimum absolute atomic E-state index is 0.168. The molecular weight excluding hydrogens is 470 g/mol. The molecule has 5 aromatic heterocycles. The second-order valence-corrected chi connectivity index (χ2v) is 9.36. The second-order valence-electron chi connectivity index (χ2n) is 8.98. The Balaban J connectivity index is 1.20. The second kappa shape index (κ2) is 8.22. The average molecular weight is 492 g/mol. The molecular formula is C23H22ClN9O2. The van der Waals surface area contributed by atoms with Crippen molar-refractivity contribution in [2.75, 3.05) is 0 Å². The van der Waals surface area contributed by atoms with Crippen molar-refractivity contribution in [3.8, 4) is 23.0 Å². The lowest BCUT2D eigenvalue weighted by atomic mass is 10.1. The molecule has 178 valence electrons. The van der Waals surface area contributed by atoms with Gasteiger partial charge in [-0.3, -0.25) is 5.32 Å². The third kappa shape index (κ3) is 3.97. The van der Waals surface area contributed by atoms with Crippen molar-refractivity contribution in [2.45, 2.75) is 44.4 Å². The lowest BCUT2D eigenvalue weighted by molar-refractivity contribution is 0.116. The number of hydrogen-bond donors (Lipinski definition) is 4. The maximum atomic E-state index is 10.8. The number of imidazole rings is 2. The number of aliphatic hydroxyl groups is 1. The number of pyridine rings is 1. The van der Waals surface area contributed by atoms with Gasteiger partial charge in [0, 0.05) is 29.6 Å². The number of aliphatic hydroxyl groups excluding tert-OH is 1. The van der Waals surface area contributed by atoms with Gasteiger partial charge in [0.25, 0.3) is 0 Å². The molecule has 5 aromatic rings. The van der Waals surface area contributed by atoms with Crippen LogP contribution in [-0.4, -0.2) is 45.2 Å². The molecule has 11 nitrogen and oxygen atoms in total. The van der Waals surface area contributed by atoms with Gasteiger partial charge in [-0.15, -0.1) is 0 Å². The van der Waals surface area contributed by atoms with Crippen molar-refractivity contribution >= 4 is 22.8 Å². The van der Waals surface area contributed by atoms with Gasteiger partial charge in [0.2, 0.25) is 0 Å². The van der Waals surface area contributed by atoms with E-state index in [9.17, 15) is 5.11 Å². The van der Waals surface area contributed by atoms with E-state index >= 15 is 0 Å². The van der Waals surface area contributed by atoms with Crippen molar-refractivity contribution in [3.05, 3.63) is 59.1 Å². The normalized spacial score (nSPS) is 16.5. The zero-order valence-electron chi connectivity index (χ0n) is 18.9. The van der Waals surface area contributed by atoms with E-state index in [0.717, 1.165) is 24.1 Å².